The number of hydrogen-bond acceptors (Lipinski definition) is 3. The Labute approximate surface area is 188 Å². The predicted molar refractivity (Wildman–Crippen MR) is 126 cm³/mol. The Morgan fingerprint density at radius 1 is 1.11 bits per heavy atom. The second-order valence-corrected chi connectivity index (χ2v) is 7.83. The van der Waals surface area contributed by atoms with Crippen molar-refractivity contribution in [2.24, 2.45) is 10.9 Å². The molecule has 164 valence electrons. The lowest BCUT2D eigenvalue weighted by molar-refractivity contribution is -0.135. The van der Waals surface area contributed by atoms with E-state index in [2.05, 4.69) is 34.4 Å². The maximum Gasteiger partial charge on any atom is 0.225 e. The van der Waals surface area contributed by atoms with Gasteiger partial charge in [0.1, 0.15) is 0 Å². The van der Waals surface area contributed by atoms with E-state index in [1.54, 1.807) is 0 Å². The van der Waals surface area contributed by atoms with Gasteiger partial charge in [-0.1, -0.05) is 32.6 Å². The van der Waals surface area contributed by atoms with Crippen molar-refractivity contribution in [2.45, 2.75) is 77.7 Å². The highest BCUT2D eigenvalue weighted by molar-refractivity contribution is 14.0. The predicted octanol–water partition coefficient (Wildman–Crippen LogP) is 3.55. The van der Waals surface area contributed by atoms with Crippen molar-refractivity contribution in [1.29, 1.82) is 0 Å². The van der Waals surface area contributed by atoms with E-state index >= 15 is 0 Å². The van der Waals surface area contributed by atoms with Crippen LogP contribution in [0.2, 0.25) is 0 Å². The SMILES string of the molecule is CCCCOCCCN=C(NCC)NC1CCN(C(=O)C2CCCCC2)C1.I. The van der Waals surface area contributed by atoms with E-state index in [9.17, 15) is 4.79 Å². The molecule has 0 radical (unpaired) electrons. The number of rotatable bonds is 10. The van der Waals surface area contributed by atoms with Crippen LogP contribution in [-0.4, -0.2) is 62.2 Å². The average molecular weight is 508 g/mol. The van der Waals surface area contributed by atoms with Gasteiger partial charge in [0, 0.05) is 51.4 Å². The van der Waals surface area contributed by atoms with Gasteiger partial charge in [0.25, 0.3) is 0 Å². The molecule has 2 aliphatic rings. The fourth-order valence-corrected chi connectivity index (χ4v) is 3.91. The number of carbonyl (C=O) groups is 1. The Kier molecular flexibility index (Phi) is 13.9. The van der Waals surface area contributed by atoms with Crippen LogP contribution in [0.5, 0.6) is 0 Å². The molecule has 1 heterocycles. The molecule has 1 saturated heterocycles. The number of amides is 1. The zero-order chi connectivity index (χ0) is 19.3. The molecule has 7 heteroatoms. The number of unbranched alkanes of at least 4 members (excludes halogenated alkanes) is 1. The van der Waals surface area contributed by atoms with Crippen LogP contribution in [0.15, 0.2) is 4.99 Å². The summed E-state index contributed by atoms with van der Waals surface area (Å²) in [6, 6.07) is 0.302. The van der Waals surface area contributed by atoms with Crippen LogP contribution in [0.3, 0.4) is 0 Å². The summed E-state index contributed by atoms with van der Waals surface area (Å²) in [6.45, 7) is 9.17. The van der Waals surface area contributed by atoms with Crippen molar-refractivity contribution in [1.82, 2.24) is 15.5 Å². The van der Waals surface area contributed by atoms with Crippen LogP contribution >= 0.6 is 24.0 Å². The van der Waals surface area contributed by atoms with Gasteiger partial charge in [0.05, 0.1) is 0 Å². The number of hydrogen-bond donors (Lipinski definition) is 2. The molecule has 6 nitrogen and oxygen atoms in total. The van der Waals surface area contributed by atoms with E-state index in [1.165, 1.54) is 25.7 Å². The molecule has 2 fully saturated rings. The van der Waals surface area contributed by atoms with Crippen molar-refractivity contribution in [3.63, 3.8) is 0 Å². The van der Waals surface area contributed by atoms with Gasteiger partial charge >= 0.3 is 0 Å². The van der Waals surface area contributed by atoms with E-state index in [-0.39, 0.29) is 29.9 Å². The van der Waals surface area contributed by atoms with Gasteiger partial charge in [-0.25, -0.2) is 0 Å². The first-order chi connectivity index (χ1) is 13.2. The van der Waals surface area contributed by atoms with Crippen molar-refractivity contribution in [3.8, 4) is 0 Å². The Morgan fingerprint density at radius 2 is 1.86 bits per heavy atom. The molecule has 1 atom stereocenters. The molecule has 0 bridgehead atoms. The van der Waals surface area contributed by atoms with E-state index in [0.717, 1.165) is 77.5 Å². The number of ether oxygens (including phenoxy) is 1. The summed E-state index contributed by atoms with van der Waals surface area (Å²) in [5, 5.41) is 6.84. The van der Waals surface area contributed by atoms with Gasteiger partial charge in [0.2, 0.25) is 5.91 Å². The molecule has 1 amide bonds. The number of halogens is 1. The molecule has 2 rings (SSSR count). The van der Waals surface area contributed by atoms with Crippen molar-refractivity contribution in [2.75, 3.05) is 39.4 Å². The zero-order valence-corrected chi connectivity index (χ0v) is 20.2. The number of aliphatic imine (C=N–C) groups is 1. The topological polar surface area (TPSA) is 66.0 Å². The summed E-state index contributed by atoms with van der Waals surface area (Å²) in [5.74, 6) is 1.51. The fraction of sp³-hybridized carbons (Fsp3) is 0.905. The van der Waals surface area contributed by atoms with Gasteiger partial charge in [0.15, 0.2) is 5.96 Å². The molecule has 0 aromatic heterocycles. The number of nitrogens with zero attached hydrogens (tertiary/aromatic N) is 2. The van der Waals surface area contributed by atoms with Gasteiger partial charge in [-0.3, -0.25) is 9.79 Å². The first kappa shape index (κ1) is 25.5. The lowest BCUT2D eigenvalue weighted by atomic mass is 9.88. The van der Waals surface area contributed by atoms with E-state index in [0.29, 0.717) is 11.9 Å². The molecule has 1 saturated carbocycles. The Bertz CT molecular complexity index is 456. The summed E-state index contributed by atoms with van der Waals surface area (Å²) in [5.41, 5.74) is 0. The largest absolute Gasteiger partial charge is 0.381 e. The fourth-order valence-electron chi connectivity index (χ4n) is 3.91. The van der Waals surface area contributed by atoms with Gasteiger partial charge in [-0.2, -0.15) is 0 Å². The van der Waals surface area contributed by atoms with Crippen molar-refractivity contribution < 1.29 is 9.53 Å². The van der Waals surface area contributed by atoms with Gasteiger partial charge < -0.3 is 20.3 Å². The highest BCUT2D eigenvalue weighted by Crippen LogP contribution is 2.26. The van der Waals surface area contributed by atoms with Crippen LogP contribution in [0.25, 0.3) is 0 Å². The van der Waals surface area contributed by atoms with Crippen LogP contribution in [-0.2, 0) is 9.53 Å². The highest BCUT2D eigenvalue weighted by Gasteiger charge is 2.31. The third kappa shape index (κ3) is 9.29. The molecule has 28 heavy (non-hydrogen) atoms. The molecular formula is C21H41IN4O2. The minimum Gasteiger partial charge on any atom is -0.381 e. The summed E-state index contributed by atoms with van der Waals surface area (Å²) < 4.78 is 5.59. The molecular weight excluding hydrogens is 467 g/mol. The number of likely N-dealkylation sites (tertiary alicyclic amines) is 1. The second-order valence-electron chi connectivity index (χ2n) is 7.83. The molecule has 0 aromatic rings. The highest BCUT2D eigenvalue weighted by atomic mass is 127. The monoisotopic (exact) mass is 508 g/mol. The first-order valence-corrected chi connectivity index (χ1v) is 11.2. The van der Waals surface area contributed by atoms with Crippen LogP contribution in [0.4, 0.5) is 0 Å². The minimum atomic E-state index is 0. The smallest absolute Gasteiger partial charge is 0.225 e. The second kappa shape index (κ2) is 15.3. The van der Waals surface area contributed by atoms with Gasteiger partial charge in [-0.15, -0.1) is 24.0 Å². The molecule has 1 unspecified atom stereocenters. The van der Waals surface area contributed by atoms with E-state index in [4.69, 9.17) is 4.74 Å². The quantitative estimate of drug-likeness (QED) is 0.205. The Balaban J connectivity index is 0.00000392. The maximum atomic E-state index is 12.7. The Hall–Kier alpha value is -0.570. The van der Waals surface area contributed by atoms with Crippen LogP contribution < -0.4 is 10.6 Å². The summed E-state index contributed by atoms with van der Waals surface area (Å²) in [7, 11) is 0. The third-order valence-electron chi connectivity index (χ3n) is 5.50. The van der Waals surface area contributed by atoms with Crippen molar-refractivity contribution >= 4 is 35.8 Å². The Morgan fingerprint density at radius 3 is 2.57 bits per heavy atom. The lowest BCUT2D eigenvalue weighted by Crippen LogP contribution is -2.45. The van der Waals surface area contributed by atoms with Crippen LogP contribution in [0, 0.1) is 5.92 Å². The molecule has 1 aliphatic carbocycles. The normalized spacial score (nSPS) is 20.7. The summed E-state index contributed by atoms with van der Waals surface area (Å²) in [6.07, 6.45) is 10.1. The molecule has 0 spiro atoms. The molecule has 2 N–H and O–H groups in total. The average Bonchev–Trinajstić information content (AvgIpc) is 3.16. The maximum absolute atomic E-state index is 12.7. The third-order valence-corrected chi connectivity index (χ3v) is 5.50. The van der Waals surface area contributed by atoms with E-state index in [1.807, 2.05) is 0 Å². The van der Waals surface area contributed by atoms with E-state index < -0.39 is 0 Å². The van der Waals surface area contributed by atoms with Crippen molar-refractivity contribution in [3.05, 3.63) is 0 Å². The lowest BCUT2D eigenvalue weighted by Gasteiger charge is -2.26. The molecule has 1 aliphatic heterocycles. The summed E-state index contributed by atoms with van der Waals surface area (Å²) >= 11 is 0. The number of guanidine groups is 1. The molecule has 0 aromatic carbocycles. The standard InChI is InChI=1S/C21H40N4O2.HI/c1-3-5-15-27-16-9-13-23-21(22-4-2)24-19-12-14-25(17-19)20(26)18-10-7-6-8-11-18;/h18-19H,3-17H2,1-2H3,(H2,22,23,24);1H. The summed E-state index contributed by atoms with van der Waals surface area (Å²) in [4.78, 5) is 19.4. The van der Waals surface area contributed by atoms with Crippen LogP contribution in [0.1, 0.15) is 71.6 Å². The number of nitrogens with one attached hydrogen (secondary N) is 2. The van der Waals surface area contributed by atoms with Gasteiger partial charge in [-0.05, 0) is 39.0 Å². The zero-order valence-electron chi connectivity index (χ0n) is 17.9. The number of carbonyl (C=O) groups excluding carboxylic acids is 1. The first-order valence-electron chi connectivity index (χ1n) is 11.2. The minimum absolute atomic E-state index is 0.